The van der Waals surface area contributed by atoms with Crippen molar-refractivity contribution >= 4 is 21.8 Å². The zero-order valence-corrected chi connectivity index (χ0v) is 17.1. The number of carboxylic acids is 1. The van der Waals surface area contributed by atoms with E-state index in [0.717, 1.165) is 38.0 Å². The van der Waals surface area contributed by atoms with Crippen LogP contribution in [0.15, 0.2) is 17.3 Å². The quantitative estimate of drug-likeness (QED) is 0.502. The predicted molar refractivity (Wildman–Crippen MR) is 101 cm³/mol. The number of aryl methyl sites for hydroxylation is 2. The van der Waals surface area contributed by atoms with Crippen LogP contribution in [-0.4, -0.2) is 58.7 Å². The second kappa shape index (κ2) is 9.47. The Balaban J connectivity index is 0.000000396. The van der Waals surface area contributed by atoms with Crippen molar-refractivity contribution < 1.29 is 31.5 Å². The Kier molecular flexibility index (Phi) is 7.47. The number of aromatic amines is 1. The standard InChI is InChI=1S/C14H22N6O2S.C2HF3O2/c1-3-4-5-20-9-13(10(2)18-20)23(21,22)19-14-12(8-16-17-14)11-6-15-7-11;3-2(4,5)1(6)7/h8-9,11,15H,3-7H2,1-2H3,(H2,16,17,19);(H,6,7). The molecule has 0 aliphatic carbocycles. The number of hydrogen-bond acceptors (Lipinski definition) is 6. The number of rotatable bonds is 7. The van der Waals surface area contributed by atoms with Crippen LogP contribution < -0.4 is 10.0 Å². The Morgan fingerprint density at radius 2 is 2.03 bits per heavy atom. The van der Waals surface area contributed by atoms with Crippen molar-refractivity contribution in [1.29, 1.82) is 0 Å². The van der Waals surface area contributed by atoms with Gasteiger partial charge in [-0.1, -0.05) is 13.3 Å². The van der Waals surface area contributed by atoms with Gasteiger partial charge in [0.25, 0.3) is 10.0 Å². The van der Waals surface area contributed by atoms with Gasteiger partial charge in [-0.2, -0.15) is 23.4 Å². The Morgan fingerprint density at radius 1 is 1.40 bits per heavy atom. The highest BCUT2D eigenvalue weighted by Gasteiger charge is 2.38. The van der Waals surface area contributed by atoms with Crippen molar-refractivity contribution in [3.05, 3.63) is 23.7 Å². The van der Waals surface area contributed by atoms with Gasteiger partial charge in [0.05, 0.1) is 11.9 Å². The third-order valence-electron chi connectivity index (χ3n) is 4.30. The summed E-state index contributed by atoms with van der Waals surface area (Å²) in [6, 6.07) is 0. The van der Waals surface area contributed by atoms with E-state index in [1.165, 1.54) is 0 Å². The molecule has 30 heavy (non-hydrogen) atoms. The summed E-state index contributed by atoms with van der Waals surface area (Å²) in [4.78, 5) is 9.10. The molecule has 2 aromatic heterocycles. The van der Waals surface area contributed by atoms with Crippen LogP contribution in [0.1, 0.15) is 36.9 Å². The molecule has 1 aliphatic rings. The summed E-state index contributed by atoms with van der Waals surface area (Å²) in [6.07, 6.45) is 0.189. The molecule has 1 fully saturated rings. The van der Waals surface area contributed by atoms with E-state index < -0.39 is 22.2 Å². The molecule has 3 heterocycles. The highest BCUT2D eigenvalue weighted by atomic mass is 32.2. The zero-order chi connectivity index (χ0) is 22.5. The summed E-state index contributed by atoms with van der Waals surface area (Å²) in [6.45, 7) is 6.19. The number of nitrogens with zero attached hydrogens (tertiary/aromatic N) is 3. The van der Waals surface area contributed by atoms with Crippen LogP contribution >= 0.6 is 0 Å². The number of halogens is 3. The van der Waals surface area contributed by atoms with Crippen molar-refractivity contribution in [1.82, 2.24) is 25.3 Å². The average molecular weight is 452 g/mol. The molecular weight excluding hydrogens is 429 g/mol. The van der Waals surface area contributed by atoms with Gasteiger partial charge in [-0.05, 0) is 13.3 Å². The summed E-state index contributed by atoms with van der Waals surface area (Å²) in [5, 5.41) is 21.3. The number of carboxylic acid groups (broad SMARTS) is 1. The summed E-state index contributed by atoms with van der Waals surface area (Å²) in [5.74, 6) is -2.02. The van der Waals surface area contributed by atoms with Crippen LogP contribution in [0, 0.1) is 6.92 Å². The van der Waals surface area contributed by atoms with Gasteiger partial charge in [-0.15, -0.1) is 0 Å². The molecule has 1 aliphatic heterocycles. The third kappa shape index (κ3) is 5.95. The van der Waals surface area contributed by atoms with Crippen molar-refractivity contribution in [2.24, 2.45) is 0 Å². The topological polar surface area (TPSA) is 142 Å². The molecule has 4 N–H and O–H groups in total. The van der Waals surface area contributed by atoms with Gasteiger partial charge in [0.2, 0.25) is 0 Å². The van der Waals surface area contributed by atoms with Gasteiger partial charge in [0, 0.05) is 37.3 Å². The molecule has 168 valence electrons. The van der Waals surface area contributed by atoms with E-state index >= 15 is 0 Å². The second-order valence-electron chi connectivity index (χ2n) is 6.66. The van der Waals surface area contributed by atoms with Crippen molar-refractivity contribution in [2.45, 2.75) is 50.2 Å². The molecule has 0 unspecified atom stereocenters. The highest BCUT2D eigenvalue weighted by Crippen LogP contribution is 2.27. The summed E-state index contributed by atoms with van der Waals surface area (Å²) in [5.41, 5.74) is 1.39. The van der Waals surface area contributed by atoms with E-state index in [1.807, 2.05) is 0 Å². The molecule has 0 bridgehead atoms. The molecule has 0 saturated carbocycles. The Morgan fingerprint density at radius 3 is 2.53 bits per heavy atom. The first kappa shape index (κ1) is 23.7. The Labute approximate surface area is 170 Å². The van der Waals surface area contributed by atoms with E-state index in [2.05, 4.69) is 32.3 Å². The maximum atomic E-state index is 12.7. The Hall–Kier alpha value is -2.61. The number of nitrogens with one attached hydrogen (secondary N) is 3. The molecule has 2 aromatic rings. The van der Waals surface area contributed by atoms with Crippen molar-refractivity contribution in [3.63, 3.8) is 0 Å². The first-order valence-corrected chi connectivity index (χ1v) is 10.5. The van der Waals surface area contributed by atoms with E-state index in [9.17, 15) is 21.6 Å². The fourth-order valence-corrected chi connectivity index (χ4v) is 3.82. The molecule has 0 amide bonds. The second-order valence-corrected chi connectivity index (χ2v) is 8.31. The molecule has 3 rings (SSSR count). The maximum absolute atomic E-state index is 12.7. The lowest BCUT2D eigenvalue weighted by atomic mass is 9.96. The predicted octanol–water partition coefficient (Wildman–Crippen LogP) is 1.84. The van der Waals surface area contributed by atoms with Gasteiger partial charge in [-0.25, -0.2) is 13.2 Å². The number of carbonyl (C=O) groups is 1. The first-order valence-electron chi connectivity index (χ1n) is 9.06. The molecule has 0 atom stereocenters. The van der Waals surface area contributed by atoms with Gasteiger partial charge in [0.1, 0.15) is 10.7 Å². The average Bonchev–Trinajstić information content (AvgIpc) is 3.18. The minimum Gasteiger partial charge on any atom is -0.475 e. The van der Waals surface area contributed by atoms with E-state index in [4.69, 9.17) is 9.90 Å². The lowest BCUT2D eigenvalue weighted by Gasteiger charge is -2.26. The molecule has 14 heteroatoms. The molecular formula is C16H23F3N6O4S. The minimum absolute atomic E-state index is 0.209. The molecule has 10 nitrogen and oxygen atoms in total. The first-order chi connectivity index (χ1) is 14.0. The number of anilines is 1. The third-order valence-corrected chi connectivity index (χ3v) is 5.75. The normalized spacial score (nSPS) is 14.6. The zero-order valence-electron chi connectivity index (χ0n) is 16.3. The smallest absolute Gasteiger partial charge is 0.475 e. The van der Waals surface area contributed by atoms with Crippen LogP contribution in [-0.2, 0) is 21.4 Å². The summed E-state index contributed by atoms with van der Waals surface area (Å²) in [7, 11) is -3.68. The Bertz CT molecular complexity index is 966. The van der Waals surface area contributed by atoms with Gasteiger partial charge in [0.15, 0.2) is 0 Å². The number of H-pyrrole nitrogens is 1. The lowest BCUT2D eigenvalue weighted by Crippen LogP contribution is -2.40. The van der Waals surface area contributed by atoms with Crippen LogP contribution in [0.4, 0.5) is 19.0 Å². The van der Waals surface area contributed by atoms with Crippen molar-refractivity contribution in [2.75, 3.05) is 17.8 Å². The van der Waals surface area contributed by atoms with Gasteiger partial charge >= 0.3 is 12.1 Å². The van der Waals surface area contributed by atoms with Crippen molar-refractivity contribution in [3.8, 4) is 0 Å². The number of unbranched alkanes of at least 4 members (excludes halogenated alkanes) is 1. The molecule has 1 saturated heterocycles. The maximum Gasteiger partial charge on any atom is 0.490 e. The van der Waals surface area contributed by atoms with Crippen LogP contribution in [0.3, 0.4) is 0 Å². The van der Waals surface area contributed by atoms with E-state index in [1.54, 1.807) is 24.0 Å². The molecule has 0 spiro atoms. The van der Waals surface area contributed by atoms with Crippen LogP contribution in [0.5, 0.6) is 0 Å². The fourth-order valence-electron chi connectivity index (χ4n) is 2.58. The highest BCUT2D eigenvalue weighted by molar-refractivity contribution is 7.92. The lowest BCUT2D eigenvalue weighted by molar-refractivity contribution is -0.192. The number of sulfonamides is 1. The number of aliphatic carboxylic acids is 1. The number of hydrogen-bond donors (Lipinski definition) is 4. The van der Waals surface area contributed by atoms with Crippen LogP contribution in [0.25, 0.3) is 0 Å². The largest absolute Gasteiger partial charge is 0.490 e. The fraction of sp³-hybridized carbons (Fsp3) is 0.562. The van der Waals surface area contributed by atoms with E-state index in [-0.39, 0.29) is 4.90 Å². The number of alkyl halides is 3. The van der Waals surface area contributed by atoms with Gasteiger partial charge < -0.3 is 10.4 Å². The molecule has 0 aromatic carbocycles. The van der Waals surface area contributed by atoms with E-state index in [0.29, 0.717) is 17.4 Å². The summed E-state index contributed by atoms with van der Waals surface area (Å²) >= 11 is 0. The minimum atomic E-state index is -5.08. The monoisotopic (exact) mass is 452 g/mol. The SMILES string of the molecule is CCCCn1cc(S(=O)(=O)Nc2[nH]ncc2C2CNC2)c(C)n1.O=C(O)C(F)(F)F. The van der Waals surface area contributed by atoms with Gasteiger partial charge in [-0.3, -0.25) is 14.5 Å². The molecule has 0 radical (unpaired) electrons. The van der Waals surface area contributed by atoms with Crippen LogP contribution in [0.2, 0.25) is 0 Å². The number of aromatic nitrogens is 4. The summed E-state index contributed by atoms with van der Waals surface area (Å²) < 4.78 is 61.4.